The molecule has 1 aliphatic rings. The van der Waals surface area contributed by atoms with Crippen LogP contribution in [0.1, 0.15) is 12.5 Å². The molecule has 1 aromatic rings. The van der Waals surface area contributed by atoms with E-state index in [-0.39, 0.29) is 0 Å². The maximum atomic E-state index is 2.54. The van der Waals surface area contributed by atoms with Crippen LogP contribution in [0.4, 0.5) is 0 Å². The molecule has 0 aromatic heterocycles. The monoisotopic (exact) mass is 204 g/mol. The van der Waals surface area contributed by atoms with Crippen LogP contribution < -0.4 is 0 Å². The summed E-state index contributed by atoms with van der Waals surface area (Å²) in [6, 6.07) is 10.8. The number of rotatable bonds is 4. The van der Waals surface area contributed by atoms with Gasteiger partial charge in [0.2, 0.25) is 0 Å². The Morgan fingerprint density at radius 3 is 2.47 bits per heavy atom. The van der Waals surface area contributed by atoms with Crippen LogP contribution >= 0.6 is 0 Å². The minimum absolute atomic E-state index is 1.16. The van der Waals surface area contributed by atoms with Crippen molar-refractivity contribution < 1.29 is 0 Å². The molecule has 0 unspecified atom stereocenters. The second-order valence-corrected chi connectivity index (χ2v) is 4.21. The number of hydrogen-bond donors (Lipinski definition) is 0. The average Bonchev–Trinajstić information content (AvgIpc) is 2.76. The third kappa shape index (κ3) is 3.05. The Hall–Kier alpha value is -0.860. The predicted octanol–water partition coefficient (Wildman–Crippen LogP) is 1.82. The summed E-state index contributed by atoms with van der Waals surface area (Å²) in [6.45, 7) is 8.25. The van der Waals surface area contributed by atoms with Crippen molar-refractivity contribution >= 4 is 0 Å². The van der Waals surface area contributed by atoms with E-state index in [1.807, 2.05) is 0 Å². The molecule has 0 saturated carbocycles. The lowest BCUT2D eigenvalue weighted by molar-refractivity contribution is 0.255. The van der Waals surface area contributed by atoms with Crippen LogP contribution in [0.15, 0.2) is 30.3 Å². The molecule has 0 amide bonds. The Morgan fingerprint density at radius 1 is 1.07 bits per heavy atom. The van der Waals surface area contributed by atoms with Gasteiger partial charge in [-0.3, -0.25) is 9.80 Å². The first-order chi connectivity index (χ1) is 7.38. The normalized spacial score (nSPS) is 18.5. The van der Waals surface area contributed by atoms with E-state index in [9.17, 15) is 0 Å². The molecule has 0 spiro atoms. The number of likely N-dealkylation sites (N-methyl/N-ethyl adjacent to an activating group) is 1. The van der Waals surface area contributed by atoms with Gasteiger partial charge in [-0.15, -0.1) is 0 Å². The van der Waals surface area contributed by atoms with Crippen molar-refractivity contribution in [1.29, 1.82) is 0 Å². The van der Waals surface area contributed by atoms with E-state index in [4.69, 9.17) is 0 Å². The molecule has 15 heavy (non-hydrogen) atoms. The molecule has 0 atom stereocenters. The first kappa shape index (κ1) is 10.7. The lowest BCUT2D eigenvalue weighted by Gasteiger charge is -2.16. The SMILES string of the molecule is CCN1CCN(CCc2ccccc2)C1. The maximum absolute atomic E-state index is 2.54. The molecular weight excluding hydrogens is 184 g/mol. The minimum Gasteiger partial charge on any atom is -0.289 e. The van der Waals surface area contributed by atoms with Gasteiger partial charge in [0.25, 0.3) is 0 Å². The highest BCUT2D eigenvalue weighted by atomic mass is 15.4. The number of nitrogens with zero attached hydrogens (tertiary/aromatic N) is 2. The molecule has 1 saturated heterocycles. The lowest BCUT2D eigenvalue weighted by Crippen LogP contribution is -2.27. The van der Waals surface area contributed by atoms with Crippen LogP contribution in [0.5, 0.6) is 0 Å². The van der Waals surface area contributed by atoms with Gasteiger partial charge in [-0.05, 0) is 18.5 Å². The molecular formula is C13H20N2. The zero-order chi connectivity index (χ0) is 10.5. The highest BCUT2D eigenvalue weighted by Gasteiger charge is 2.17. The molecule has 2 rings (SSSR count). The molecule has 1 aliphatic heterocycles. The lowest BCUT2D eigenvalue weighted by atomic mass is 10.1. The van der Waals surface area contributed by atoms with Gasteiger partial charge in [0.15, 0.2) is 0 Å². The van der Waals surface area contributed by atoms with Gasteiger partial charge >= 0.3 is 0 Å². The molecule has 0 N–H and O–H groups in total. The third-order valence-corrected chi connectivity index (χ3v) is 3.14. The molecule has 2 nitrogen and oxygen atoms in total. The Kier molecular flexibility index (Phi) is 3.75. The third-order valence-electron chi connectivity index (χ3n) is 3.14. The van der Waals surface area contributed by atoms with Crippen molar-refractivity contribution in [3.63, 3.8) is 0 Å². The van der Waals surface area contributed by atoms with E-state index in [2.05, 4.69) is 47.1 Å². The van der Waals surface area contributed by atoms with E-state index in [1.54, 1.807) is 0 Å². The Labute approximate surface area is 92.5 Å². The summed E-state index contributed by atoms with van der Waals surface area (Å²) in [4.78, 5) is 5.03. The van der Waals surface area contributed by atoms with Crippen LogP contribution in [-0.4, -0.2) is 42.6 Å². The van der Waals surface area contributed by atoms with Gasteiger partial charge in [-0.2, -0.15) is 0 Å². The smallest absolute Gasteiger partial charge is 0.0507 e. The zero-order valence-electron chi connectivity index (χ0n) is 9.52. The quantitative estimate of drug-likeness (QED) is 0.738. The fourth-order valence-corrected chi connectivity index (χ4v) is 2.08. The minimum atomic E-state index is 1.16. The van der Waals surface area contributed by atoms with Crippen molar-refractivity contribution in [2.45, 2.75) is 13.3 Å². The van der Waals surface area contributed by atoms with Crippen molar-refractivity contribution in [3.05, 3.63) is 35.9 Å². The summed E-state index contributed by atoms with van der Waals surface area (Å²) in [5, 5.41) is 0. The highest BCUT2D eigenvalue weighted by Crippen LogP contribution is 2.06. The van der Waals surface area contributed by atoms with Crippen LogP contribution in [-0.2, 0) is 6.42 Å². The molecule has 0 radical (unpaired) electrons. The van der Waals surface area contributed by atoms with Crippen LogP contribution in [0.25, 0.3) is 0 Å². The van der Waals surface area contributed by atoms with Gasteiger partial charge < -0.3 is 0 Å². The van der Waals surface area contributed by atoms with E-state index in [0.717, 1.165) is 6.67 Å². The number of benzene rings is 1. The van der Waals surface area contributed by atoms with E-state index >= 15 is 0 Å². The Balaban J connectivity index is 1.75. The maximum Gasteiger partial charge on any atom is 0.0507 e. The summed E-state index contributed by atoms with van der Waals surface area (Å²) in [6.07, 6.45) is 1.18. The Morgan fingerprint density at radius 2 is 1.80 bits per heavy atom. The molecule has 0 aliphatic carbocycles. The van der Waals surface area contributed by atoms with Gasteiger partial charge in [0.05, 0.1) is 6.67 Å². The van der Waals surface area contributed by atoms with Crippen LogP contribution in [0.2, 0.25) is 0 Å². The van der Waals surface area contributed by atoms with E-state index < -0.39 is 0 Å². The van der Waals surface area contributed by atoms with Crippen molar-refractivity contribution in [2.75, 3.05) is 32.8 Å². The van der Waals surface area contributed by atoms with E-state index in [0.29, 0.717) is 0 Å². The van der Waals surface area contributed by atoms with Gasteiger partial charge in [0.1, 0.15) is 0 Å². The second-order valence-electron chi connectivity index (χ2n) is 4.21. The molecule has 2 heteroatoms. The fraction of sp³-hybridized carbons (Fsp3) is 0.538. The van der Waals surface area contributed by atoms with Crippen LogP contribution in [0, 0.1) is 0 Å². The summed E-state index contributed by atoms with van der Waals surface area (Å²) < 4.78 is 0. The van der Waals surface area contributed by atoms with Crippen molar-refractivity contribution in [3.8, 4) is 0 Å². The topological polar surface area (TPSA) is 6.48 Å². The van der Waals surface area contributed by atoms with Gasteiger partial charge in [-0.1, -0.05) is 37.3 Å². The van der Waals surface area contributed by atoms with E-state index in [1.165, 1.54) is 38.2 Å². The van der Waals surface area contributed by atoms with Crippen molar-refractivity contribution in [2.24, 2.45) is 0 Å². The van der Waals surface area contributed by atoms with Gasteiger partial charge in [0, 0.05) is 19.6 Å². The predicted molar refractivity (Wildman–Crippen MR) is 63.8 cm³/mol. The molecule has 0 bridgehead atoms. The Bertz CT molecular complexity index is 284. The summed E-state index contributed by atoms with van der Waals surface area (Å²) in [5.74, 6) is 0. The molecule has 82 valence electrons. The summed E-state index contributed by atoms with van der Waals surface area (Å²) in [5.41, 5.74) is 1.45. The second kappa shape index (κ2) is 5.29. The highest BCUT2D eigenvalue weighted by molar-refractivity contribution is 5.14. The van der Waals surface area contributed by atoms with Crippen LogP contribution in [0.3, 0.4) is 0 Å². The zero-order valence-corrected chi connectivity index (χ0v) is 9.52. The average molecular weight is 204 g/mol. The first-order valence-corrected chi connectivity index (χ1v) is 5.87. The summed E-state index contributed by atoms with van der Waals surface area (Å²) >= 11 is 0. The molecule has 1 heterocycles. The van der Waals surface area contributed by atoms with Crippen molar-refractivity contribution in [1.82, 2.24) is 9.80 Å². The molecule has 1 fully saturated rings. The van der Waals surface area contributed by atoms with Gasteiger partial charge in [-0.25, -0.2) is 0 Å². The first-order valence-electron chi connectivity index (χ1n) is 5.87. The largest absolute Gasteiger partial charge is 0.289 e. The summed E-state index contributed by atoms with van der Waals surface area (Å²) in [7, 11) is 0. The molecule has 1 aromatic carbocycles. The standard InChI is InChI=1S/C13H20N2/c1-2-14-10-11-15(12-14)9-8-13-6-4-3-5-7-13/h3-7H,2,8-12H2,1H3. The fourth-order valence-electron chi connectivity index (χ4n) is 2.08. The number of hydrogen-bond acceptors (Lipinski definition) is 2.